The van der Waals surface area contributed by atoms with Crippen LogP contribution in [0.5, 0.6) is 0 Å². The molecule has 125 heavy (non-hydrogen) atoms. The summed E-state index contributed by atoms with van der Waals surface area (Å²) in [7, 11) is 0. The van der Waals surface area contributed by atoms with Gasteiger partial charge in [0.15, 0.2) is 0 Å². The van der Waals surface area contributed by atoms with Gasteiger partial charge in [-0.25, -0.2) is 9.36 Å². The first-order chi connectivity index (χ1) is 58.2. The number of aromatic nitrogens is 6. The minimum absolute atomic E-state index is 0.00327. The Kier molecular flexibility index (Phi) is 21.1. The van der Waals surface area contributed by atoms with Crippen LogP contribution in [0.3, 0.4) is 0 Å². The molecule has 9 unspecified atom stereocenters. The molecule has 0 saturated heterocycles. The molecule has 3 heterocycles. The van der Waals surface area contributed by atoms with Gasteiger partial charge in [-0.2, -0.15) is 0 Å². The first-order valence-corrected chi connectivity index (χ1v) is 49.7. The van der Waals surface area contributed by atoms with Gasteiger partial charge in [0, 0.05) is 0 Å². The third kappa shape index (κ3) is 12.6. The van der Waals surface area contributed by atoms with E-state index in [0.29, 0.717) is 85.4 Å². The molecule has 22 nitrogen and oxygen atoms in total. The molecule has 15 aliphatic carbocycles. The van der Waals surface area contributed by atoms with Gasteiger partial charge < -0.3 is 46.4 Å². The molecule has 27 atom stereocenters. The van der Waals surface area contributed by atoms with Crippen LogP contribution in [0.25, 0.3) is 0 Å². The largest absolute Gasteiger partial charge is 0.393 e. The van der Waals surface area contributed by atoms with E-state index in [-0.39, 0.29) is 174 Å². The number of fused-ring (bicyclic) bond motifs is 21. The monoisotopic (exact) mass is 1730 g/mol. The number of aliphatic hydroxyl groups is 7. The lowest BCUT2D eigenvalue weighted by molar-refractivity contribution is -0.739. The number of aliphatic hydroxyl groups excluding tert-OH is 7. The zero-order chi connectivity index (χ0) is 90.0. The maximum absolute atomic E-state index is 15.8. The second-order valence-corrected chi connectivity index (χ2v) is 52.1. The molecule has 0 spiro atoms. The molecule has 10 N–H and O–H groups in total. The summed E-state index contributed by atoms with van der Waals surface area (Å²) in [6.45, 7) is 49.8. The third-order valence-electron chi connectivity index (χ3n) is 44.1. The molecule has 12 fully saturated rings. The van der Waals surface area contributed by atoms with E-state index in [9.17, 15) is 35.7 Å². The molecule has 22 heteroatoms. The maximum atomic E-state index is 15.8. The van der Waals surface area contributed by atoms with Crippen molar-refractivity contribution in [2.45, 2.75) is 387 Å². The van der Waals surface area contributed by atoms with Crippen molar-refractivity contribution < 1.29 is 59.5 Å². The van der Waals surface area contributed by atoms with Crippen LogP contribution in [0.1, 0.15) is 330 Å². The Hall–Kier alpha value is -5.10. The lowest BCUT2D eigenvalue weighted by atomic mass is 9.33. The molecule has 692 valence electrons. The summed E-state index contributed by atoms with van der Waals surface area (Å²) in [5, 5.41) is 121. The highest BCUT2D eigenvalue weighted by Crippen LogP contribution is 2.81. The van der Waals surface area contributed by atoms with Crippen LogP contribution in [0.15, 0.2) is 52.6 Å². The van der Waals surface area contributed by atoms with Crippen molar-refractivity contribution in [1.29, 1.82) is 0 Å². The summed E-state index contributed by atoms with van der Waals surface area (Å²) in [6, 6.07) is 0. The van der Waals surface area contributed by atoms with Gasteiger partial charge in [0.2, 0.25) is 23.9 Å². The van der Waals surface area contributed by atoms with Crippen molar-refractivity contribution in [3.8, 4) is 0 Å². The quantitative estimate of drug-likeness (QED) is 0.0586. The smallest absolute Gasteiger partial charge is 0.267 e. The fraction of sp³-hybridized carbons (Fsp3) is 0.864. The fourth-order valence-corrected chi connectivity index (χ4v) is 36.0. The zero-order valence-electron chi connectivity index (χ0n) is 80.5. The number of allylic oxidation sites excluding steroid dienone is 6. The molecule has 18 rings (SSSR count). The highest BCUT2D eigenvalue weighted by molar-refractivity contribution is 5.86. The van der Waals surface area contributed by atoms with E-state index >= 15 is 14.4 Å². The van der Waals surface area contributed by atoms with E-state index in [1.165, 1.54) is 16.7 Å². The van der Waals surface area contributed by atoms with E-state index in [0.717, 1.165) is 135 Å². The van der Waals surface area contributed by atoms with E-state index < -0.39 is 46.7 Å². The number of nitrogens with one attached hydrogen (secondary N) is 3. The molecule has 2 aromatic rings. The zero-order valence-corrected chi connectivity index (χ0v) is 80.5. The molecule has 3 amide bonds. The first-order valence-electron chi connectivity index (χ1n) is 49.7. The lowest BCUT2D eigenvalue weighted by Gasteiger charge is -2.71. The normalized spacial score (nSPS) is 47.1. The first kappa shape index (κ1) is 90.4. The van der Waals surface area contributed by atoms with Crippen LogP contribution in [0, 0.1) is 151 Å². The number of nitrogens with zero attached hydrogens (tertiary/aromatic N) is 9. The summed E-state index contributed by atoms with van der Waals surface area (Å²) in [4.78, 5) is 47.3. The predicted octanol–water partition coefficient (Wildman–Crippen LogP) is 15.5. The average molecular weight is 1730 g/mol. The topological polar surface area (TPSA) is 309 Å². The second kappa shape index (κ2) is 29.2. The van der Waals surface area contributed by atoms with E-state index in [1.807, 2.05) is 10.9 Å². The van der Waals surface area contributed by atoms with E-state index in [1.54, 1.807) is 26.4 Å². The molecule has 12 saturated carbocycles. The number of hydrogen-bond donors (Lipinski definition) is 10. The third-order valence-corrected chi connectivity index (χ3v) is 44.1. The van der Waals surface area contributed by atoms with E-state index in [4.69, 9.17) is 25.8 Å². The van der Waals surface area contributed by atoms with Crippen LogP contribution in [0.2, 0.25) is 0 Å². The van der Waals surface area contributed by atoms with Crippen LogP contribution in [-0.4, -0.2) is 161 Å². The average Bonchev–Trinajstić information content (AvgIpc) is 0.882. The summed E-state index contributed by atoms with van der Waals surface area (Å²) >= 11 is 0. The molecule has 2 aromatic heterocycles. The number of carbonyl (C=O) groups excluding carboxylic acids is 3. The van der Waals surface area contributed by atoms with Crippen molar-refractivity contribution in [3.63, 3.8) is 0 Å². The van der Waals surface area contributed by atoms with Crippen LogP contribution >= 0.6 is 0 Å². The molecular formula is C103H162N12O10+2. The highest BCUT2D eigenvalue weighted by Gasteiger charge is 2.76. The van der Waals surface area contributed by atoms with Gasteiger partial charge in [0.1, 0.15) is 31.1 Å². The van der Waals surface area contributed by atoms with Gasteiger partial charge in [-0.3, -0.25) is 19.7 Å². The van der Waals surface area contributed by atoms with Crippen molar-refractivity contribution >= 4 is 23.9 Å². The van der Waals surface area contributed by atoms with Gasteiger partial charge in [-0.1, -0.05) is 191 Å². The van der Waals surface area contributed by atoms with Gasteiger partial charge in [-0.05, 0) is 317 Å². The predicted molar refractivity (Wildman–Crippen MR) is 480 cm³/mol. The molecular weight excluding hydrogens is 1570 g/mol. The summed E-state index contributed by atoms with van der Waals surface area (Å²) in [5.74, 6) is 1.21. The summed E-state index contributed by atoms with van der Waals surface area (Å²) < 4.78 is 6.90. The van der Waals surface area contributed by atoms with Gasteiger partial charge >= 0.3 is 0 Å². The fourth-order valence-electron chi connectivity index (χ4n) is 36.0. The minimum Gasteiger partial charge on any atom is -0.393 e. The Morgan fingerprint density at radius 3 is 1.05 bits per heavy atom. The summed E-state index contributed by atoms with van der Waals surface area (Å²) in [6.07, 6.45) is 31.5. The highest BCUT2D eigenvalue weighted by atomic mass is 16.3. The molecule has 16 aliphatic rings. The number of carbonyl (C=O) groups is 3. The lowest BCUT2D eigenvalue weighted by Crippen LogP contribution is -2.68. The number of amides is 3. The molecule has 0 radical (unpaired) electrons. The summed E-state index contributed by atoms with van der Waals surface area (Å²) in [5.41, 5.74) is -1.60. The standard InChI is InChI=1S/C103H160N12O10/c1-85(2)40-43-101(67(48-85)64-22-25-73-91(13)34-31-76(117)88(7,8)70(91)28-37-94(73,16)97(64,19)51-79(101)120)82(123)104-54-62-56-113(109-107-62)58-100(60-116,115-47-46-112(111-115)61-106-84(125)103-45-42-87(5,6)50-69(103)66-24-27-75-93(15)36-33-78(119)90(11,12)72(93)30-39-96(75,18)99(66,21)53-81(103)122)59-114-57-63(108-110-114)55-105-83(124)102-44-41-86(3,4)49-68(102)65-23-26-74-92(14)35-32-77(118)89(9,10)71(92)29-38-95(74,17)98(65,20)52-80(102)121/h22-24,46,56-57,67-81,116-122H,25-45,47-55,58-61H2,1-21H3,(H-2,104,105,106,123,124,125)/p+2/t67?,68?,69?,70?,71?,72?,73?,74?,75?,76-,77-,78-,79+,80+,81+,91-,92-,93-,94+,95+,96+,97+,98+,99+,100?,101+,102+,103+/m0/s1. The number of rotatable bonds is 15. The Morgan fingerprint density at radius 1 is 0.408 bits per heavy atom. The van der Waals surface area contributed by atoms with Crippen molar-refractivity contribution in [1.82, 2.24) is 45.9 Å². The van der Waals surface area contributed by atoms with Crippen LogP contribution in [-0.2, 0) is 40.6 Å². The van der Waals surface area contributed by atoms with Crippen LogP contribution < -0.4 is 16.0 Å². The minimum atomic E-state index is -1.31. The van der Waals surface area contributed by atoms with E-state index in [2.05, 4.69) is 180 Å². The van der Waals surface area contributed by atoms with Crippen LogP contribution in [0.4, 0.5) is 0 Å². The Labute approximate surface area is 746 Å². The Bertz CT molecular complexity index is 4600. The van der Waals surface area contributed by atoms with Gasteiger partial charge in [0.05, 0.1) is 78.4 Å². The Morgan fingerprint density at radius 2 is 0.728 bits per heavy atom. The molecule has 0 bridgehead atoms. The van der Waals surface area contributed by atoms with Gasteiger partial charge in [-0.15, -0.1) is 10.2 Å². The number of hydrogen-bond acceptors (Lipinski definition) is 15. The van der Waals surface area contributed by atoms with Crippen molar-refractivity contribution in [3.05, 3.63) is 58.7 Å². The van der Waals surface area contributed by atoms with Gasteiger partial charge in [0.25, 0.3) is 24.0 Å². The maximum Gasteiger partial charge on any atom is 0.267 e. The Balaban J connectivity index is 0.617. The SMILES string of the molecule is CC1(C)CC[C@@]2(C(=O)NCc3cn(CC(CO)(Cn4cc(CNC(=O)[C@]56CCC(C)(C)CC5C5=CCC7[C@@]8(C)CC[C@H](O)C(C)(C)C8CC[C@@]7(C)[C@]5(C)C[C@H]6O)nn4)[N+]4=N[N+](CNC(=O)[C@]56CCC(C)(C)CC5C5=CCC7[C@@]8(C)CC[C@H](O)C(C)(C)C8CC[C@@]7(C)[C@]5(C)C[C@H]6O)=CC4)nn3)C(C1)C1=CCC3[C@@]4(C)CC[C@H](O)C(C)(C)C4CC[C@@]3(C)[C@]1(C)C[C@H]2O. The van der Waals surface area contributed by atoms with Crippen molar-refractivity contribution in [2.24, 2.45) is 156 Å². The molecule has 0 aromatic carbocycles. The second-order valence-electron chi connectivity index (χ2n) is 52.1. The molecule has 1 aliphatic heterocycles. The van der Waals surface area contributed by atoms with Crippen molar-refractivity contribution in [2.75, 3.05) is 19.8 Å².